The summed E-state index contributed by atoms with van der Waals surface area (Å²) in [7, 11) is 3.01. The zero-order valence-corrected chi connectivity index (χ0v) is 19.5. The van der Waals surface area contributed by atoms with Crippen molar-refractivity contribution < 1.29 is 23.8 Å². The Bertz CT molecular complexity index is 1160. The quantitative estimate of drug-likeness (QED) is 0.569. The maximum absolute atomic E-state index is 13.1. The van der Waals surface area contributed by atoms with Crippen LogP contribution in [0.1, 0.15) is 28.4 Å². The Balaban J connectivity index is 1.55. The first-order valence-electron chi connectivity index (χ1n) is 11.1. The van der Waals surface area contributed by atoms with E-state index in [0.717, 1.165) is 12.0 Å². The number of fused-ring (bicyclic) bond motifs is 1. The Morgan fingerprint density at radius 1 is 1.03 bits per heavy atom. The monoisotopic (exact) mass is 460 g/mol. The number of ether oxygens (including phenoxy) is 3. The normalized spacial score (nSPS) is 15.1. The Hall–Kier alpha value is -4.00. The van der Waals surface area contributed by atoms with Crippen molar-refractivity contribution in [3.63, 3.8) is 0 Å². The van der Waals surface area contributed by atoms with Gasteiger partial charge in [-0.25, -0.2) is 0 Å². The van der Waals surface area contributed by atoms with Crippen LogP contribution in [0.25, 0.3) is 0 Å². The molecule has 1 N–H and O–H groups in total. The van der Waals surface area contributed by atoms with Crippen LogP contribution in [0.3, 0.4) is 0 Å². The Kier molecular flexibility index (Phi) is 7.01. The molecule has 1 heterocycles. The molecule has 3 aromatic carbocycles. The molecule has 1 atom stereocenters. The average molecular weight is 461 g/mol. The van der Waals surface area contributed by atoms with Crippen LogP contribution in [0, 0.1) is 0 Å². The fraction of sp³-hybridized carbons (Fsp3) is 0.259. The van der Waals surface area contributed by atoms with E-state index in [2.05, 4.69) is 17.4 Å². The summed E-state index contributed by atoms with van der Waals surface area (Å²) in [6, 6.07) is 20.6. The van der Waals surface area contributed by atoms with E-state index in [4.69, 9.17) is 14.2 Å². The highest BCUT2D eigenvalue weighted by Crippen LogP contribution is 2.31. The molecule has 0 saturated heterocycles. The molecule has 176 valence electrons. The standard InChI is InChI=1S/C27H28N2O5/c1-18-27(31)29(15-14-19-8-5-4-6-9-19)17-20-16-21(12-13-22(20)34-18)28-26(30)25-23(32-2)10-7-11-24(25)33-3/h4-13,16,18H,14-15,17H2,1-3H3,(H,28,30). The largest absolute Gasteiger partial charge is 0.496 e. The fourth-order valence-corrected chi connectivity index (χ4v) is 4.04. The van der Waals surface area contributed by atoms with Gasteiger partial charge < -0.3 is 24.4 Å². The van der Waals surface area contributed by atoms with E-state index >= 15 is 0 Å². The number of carbonyl (C=O) groups excluding carboxylic acids is 2. The molecule has 0 saturated carbocycles. The number of hydrogen-bond acceptors (Lipinski definition) is 5. The van der Waals surface area contributed by atoms with Gasteiger partial charge in [0.15, 0.2) is 6.10 Å². The Labute approximate surface area is 199 Å². The summed E-state index contributed by atoms with van der Waals surface area (Å²) in [5.41, 5.74) is 2.90. The molecule has 7 nitrogen and oxygen atoms in total. The maximum Gasteiger partial charge on any atom is 0.263 e. The lowest BCUT2D eigenvalue weighted by Gasteiger charge is -2.22. The molecule has 1 aliphatic heterocycles. The molecule has 1 aliphatic rings. The van der Waals surface area contributed by atoms with E-state index in [-0.39, 0.29) is 11.8 Å². The minimum Gasteiger partial charge on any atom is -0.496 e. The third-order valence-electron chi connectivity index (χ3n) is 5.81. The summed E-state index contributed by atoms with van der Waals surface area (Å²) in [6.07, 6.45) is 0.161. The van der Waals surface area contributed by atoms with Gasteiger partial charge in [0, 0.05) is 24.3 Å². The molecule has 7 heteroatoms. The summed E-state index contributed by atoms with van der Waals surface area (Å²) < 4.78 is 16.6. The number of nitrogens with one attached hydrogen (secondary N) is 1. The molecule has 4 rings (SSSR count). The number of carbonyl (C=O) groups is 2. The first kappa shape index (κ1) is 23.2. The van der Waals surface area contributed by atoms with Gasteiger partial charge in [0.05, 0.1) is 14.2 Å². The molecule has 1 unspecified atom stereocenters. The summed E-state index contributed by atoms with van der Waals surface area (Å²) >= 11 is 0. The highest BCUT2D eigenvalue weighted by atomic mass is 16.5. The van der Waals surface area contributed by atoms with Gasteiger partial charge in [0.1, 0.15) is 22.8 Å². The second-order valence-electron chi connectivity index (χ2n) is 8.07. The van der Waals surface area contributed by atoms with Crippen molar-refractivity contribution >= 4 is 17.5 Å². The molecule has 3 aromatic rings. The molecule has 0 bridgehead atoms. The lowest BCUT2D eigenvalue weighted by molar-refractivity contribution is -0.137. The molecular weight excluding hydrogens is 432 g/mol. The van der Waals surface area contributed by atoms with Gasteiger partial charge >= 0.3 is 0 Å². The van der Waals surface area contributed by atoms with Gasteiger partial charge in [-0.2, -0.15) is 0 Å². The SMILES string of the molecule is COc1cccc(OC)c1C(=O)Nc1ccc2c(c1)CN(CCc1ccccc1)C(=O)C(C)O2. The minimum atomic E-state index is -0.588. The average Bonchev–Trinajstić information content (AvgIpc) is 2.98. The van der Waals surface area contributed by atoms with Crippen LogP contribution in [0.15, 0.2) is 66.7 Å². The third kappa shape index (κ3) is 4.98. The van der Waals surface area contributed by atoms with Crippen molar-refractivity contribution in [2.75, 3.05) is 26.1 Å². The first-order valence-corrected chi connectivity index (χ1v) is 11.1. The fourth-order valence-electron chi connectivity index (χ4n) is 4.04. The predicted molar refractivity (Wildman–Crippen MR) is 130 cm³/mol. The highest BCUT2D eigenvalue weighted by Gasteiger charge is 2.28. The lowest BCUT2D eigenvalue weighted by Crippen LogP contribution is -2.39. The summed E-state index contributed by atoms with van der Waals surface area (Å²) in [6.45, 7) is 2.73. The van der Waals surface area contributed by atoms with E-state index in [1.54, 1.807) is 42.2 Å². The predicted octanol–water partition coefficient (Wildman–Crippen LogP) is 4.31. The van der Waals surface area contributed by atoms with Crippen LogP contribution in [0.5, 0.6) is 17.2 Å². The number of methoxy groups -OCH3 is 2. The van der Waals surface area contributed by atoms with Gasteiger partial charge in [0.2, 0.25) is 0 Å². The molecule has 0 spiro atoms. The van der Waals surface area contributed by atoms with Crippen molar-refractivity contribution in [3.05, 3.63) is 83.4 Å². The number of nitrogens with zero attached hydrogens (tertiary/aromatic N) is 1. The van der Waals surface area contributed by atoms with Crippen molar-refractivity contribution in [1.82, 2.24) is 4.90 Å². The Morgan fingerprint density at radius 3 is 2.41 bits per heavy atom. The second kappa shape index (κ2) is 10.3. The molecule has 34 heavy (non-hydrogen) atoms. The molecule has 0 fully saturated rings. The van der Waals surface area contributed by atoms with Crippen molar-refractivity contribution in [3.8, 4) is 17.2 Å². The molecule has 2 amide bonds. The molecule has 0 aliphatic carbocycles. The van der Waals surface area contributed by atoms with Crippen LogP contribution in [-0.4, -0.2) is 43.6 Å². The smallest absolute Gasteiger partial charge is 0.263 e. The number of rotatable bonds is 7. The Morgan fingerprint density at radius 2 is 1.74 bits per heavy atom. The summed E-state index contributed by atoms with van der Waals surface area (Å²) in [5.74, 6) is 1.06. The zero-order valence-electron chi connectivity index (χ0n) is 19.5. The number of hydrogen-bond donors (Lipinski definition) is 1. The summed E-state index contributed by atoms with van der Waals surface area (Å²) in [4.78, 5) is 27.8. The van der Waals surface area contributed by atoms with Crippen molar-refractivity contribution in [1.29, 1.82) is 0 Å². The molecule has 0 radical (unpaired) electrons. The number of amides is 2. The van der Waals surface area contributed by atoms with Crippen LogP contribution in [0.2, 0.25) is 0 Å². The number of benzene rings is 3. The second-order valence-corrected chi connectivity index (χ2v) is 8.07. The van der Waals surface area contributed by atoms with Crippen molar-refractivity contribution in [2.45, 2.75) is 26.0 Å². The minimum absolute atomic E-state index is 0.0588. The summed E-state index contributed by atoms with van der Waals surface area (Å²) in [5, 5.41) is 2.92. The van der Waals surface area contributed by atoms with Gasteiger partial charge in [0.25, 0.3) is 11.8 Å². The van der Waals surface area contributed by atoms with E-state index in [1.165, 1.54) is 19.8 Å². The zero-order chi connectivity index (χ0) is 24.1. The van der Waals surface area contributed by atoms with Crippen LogP contribution in [-0.2, 0) is 17.8 Å². The van der Waals surface area contributed by atoms with Gasteiger partial charge in [-0.1, -0.05) is 36.4 Å². The van der Waals surface area contributed by atoms with Crippen LogP contribution < -0.4 is 19.5 Å². The topological polar surface area (TPSA) is 77.1 Å². The van der Waals surface area contributed by atoms with E-state index < -0.39 is 6.10 Å². The highest BCUT2D eigenvalue weighted by molar-refractivity contribution is 6.08. The van der Waals surface area contributed by atoms with Crippen LogP contribution in [0.4, 0.5) is 5.69 Å². The maximum atomic E-state index is 13.1. The van der Waals surface area contributed by atoms with Gasteiger partial charge in [-0.3, -0.25) is 9.59 Å². The van der Waals surface area contributed by atoms with Gasteiger partial charge in [-0.05, 0) is 49.2 Å². The van der Waals surface area contributed by atoms with Gasteiger partial charge in [-0.15, -0.1) is 0 Å². The first-order chi connectivity index (χ1) is 16.5. The van der Waals surface area contributed by atoms with E-state index in [1.807, 2.05) is 24.3 Å². The van der Waals surface area contributed by atoms with Crippen molar-refractivity contribution in [2.24, 2.45) is 0 Å². The van der Waals surface area contributed by atoms with E-state index in [0.29, 0.717) is 41.6 Å². The van der Waals surface area contributed by atoms with E-state index in [9.17, 15) is 9.59 Å². The number of anilines is 1. The van der Waals surface area contributed by atoms with Crippen LogP contribution >= 0.6 is 0 Å². The molecule has 0 aromatic heterocycles. The molecular formula is C27H28N2O5. The third-order valence-corrected chi connectivity index (χ3v) is 5.81. The lowest BCUT2D eigenvalue weighted by atomic mass is 10.1.